The molecule has 0 saturated heterocycles. The topological polar surface area (TPSA) is 104 Å². The summed E-state index contributed by atoms with van der Waals surface area (Å²) in [5.41, 5.74) is 1.31. The number of carbonyl (C=O) groups is 1. The van der Waals surface area contributed by atoms with Gasteiger partial charge in [0, 0.05) is 22.6 Å². The number of aromatic nitrogens is 2. The van der Waals surface area contributed by atoms with E-state index in [4.69, 9.17) is 13.9 Å². The van der Waals surface area contributed by atoms with E-state index in [0.29, 0.717) is 16.5 Å². The summed E-state index contributed by atoms with van der Waals surface area (Å²) in [7, 11) is 1.44. The van der Waals surface area contributed by atoms with Crippen molar-refractivity contribution in [3.8, 4) is 17.2 Å². The smallest absolute Gasteiger partial charge is 0.363 e. The molecule has 0 amide bonds. The van der Waals surface area contributed by atoms with Crippen molar-refractivity contribution < 1.29 is 23.8 Å². The van der Waals surface area contributed by atoms with Crippen LogP contribution >= 0.6 is 0 Å². The molecule has 0 aliphatic rings. The van der Waals surface area contributed by atoms with Gasteiger partial charge in [-0.1, -0.05) is 18.2 Å². The van der Waals surface area contributed by atoms with Crippen LogP contribution in [-0.2, 0) is 11.3 Å². The first kappa shape index (κ1) is 19.3. The van der Waals surface area contributed by atoms with Crippen molar-refractivity contribution >= 4 is 16.9 Å². The SMILES string of the molecule is COc1cn(-c2ccccc2)nc1C(=O)OCc1cc(=O)oc2c(C)c(O)ccc12. The van der Waals surface area contributed by atoms with Gasteiger partial charge in [0.1, 0.15) is 17.9 Å². The summed E-state index contributed by atoms with van der Waals surface area (Å²) in [6, 6.07) is 13.6. The largest absolute Gasteiger partial charge is 0.508 e. The Kier molecular flexibility index (Phi) is 4.97. The number of phenolic OH excluding ortho intramolecular Hbond substituents is 1. The molecule has 0 bridgehead atoms. The average Bonchev–Trinajstić information content (AvgIpc) is 3.20. The molecular weight excluding hydrogens is 388 g/mol. The Morgan fingerprint density at radius 2 is 1.97 bits per heavy atom. The second kappa shape index (κ2) is 7.75. The van der Waals surface area contributed by atoms with Crippen molar-refractivity contribution in [3.05, 3.63) is 82.0 Å². The van der Waals surface area contributed by atoms with E-state index in [1.807, 2.05) is 30.3 Å². The van der Waals surface area contributed by atoms with Crippen LogP contribution in [0.2, 0.25) is 0 Å². The zero-order valence-electron chi connectivity index (χ0n) is 16.3. The number of rotatable bonds is 5. The highest BCUT2D eigenvalue weighted by atomic mass is 16.5. The van der Waals surface area contributed by atoms with Crippen LogP contribution in [0.25, 0.3) is 16.7 Å². The molecule has 0 saturated carbocycles. The molecule has 2 aromatic heterocycles. The monoisotopic (exact) mass is 406 g/mol. The number of para-hydroxylation sites is 1. The van der Waals surface area contributed by atoms with E-state index in [1.165, 1.54) is 23.9 Å². The number of hydrogen-bond acceptors (Lipinski definition) is 7. The molecule has 4 aromatic rings. The number of hydrogen-bond donors (Lipinski definition) is 1. The normalized spacial score (nSPS) is 10.9. The number of aryl methyl sites for hydroxylation is 1. The minimum absolute atomic E-state index is 0.0102. The number of benzene rings is 2. The van der Waals surface area contributed by atoms with Crippen molar-refractivity contribution in [2.75, 3.05) is 7.11 Å². The van der Waals surface area contributed by atoms with Crippen LogP contribution in [-0.4, -0.2) is 28.0 Å². The maximum Gasteiger partial charge on any atom is 0.363 e. The Hall–Kier alpha value is -4.07. The third-order valence-electron chi connectivity index (χ3n) is 4.69. The lowest BCUT2D eigenvalue weighted by molar-refractivity contribution is 0.0462. The maximum atomic E-state index is 12.7. The highest BCUT2D eigenvalue weighted by Gasteiger charge is 2.21. The second-order valence-electron chi connectivity index (χ2n) is 6.58. The Labute approximate surface area is 170 Å². The molecule has 0 spiro atoms. The van der Waals surface area contributed by atoms with E-state index >= 15 is 0 Å². The Bertz CT molecular complexity index is 1290. The van der Waals surface area contributed by atoms with Crippen molar-refractivity contribution in [1.82, 2.24) is 9.78 Å². The minimum Gasteiger partial charge on any atom is -0.508 e. The number of methoxy groups -OCH3 is 1. The Morgan fingerprint density at radius 3 is 2.70 bits per heavy atom. The number of carbonyl (C=O) groups excluding carboxylic acids is 1. The zero-order valence-corrected chi connectivity index (χ0v) is 16.3. The first-order chi connectivity index (χ1) is 14.5. The fourth-order valence-corrected chi connectivity index (χ4v) is 3.11. The fourth-order valence-electron chi connectivity index (χ4n) is 3.11. The molecule has 30 heavy (non-hydrogen) atoms. The van der Waals surface area contributed by atoms with Gasteiger partial charge in [0.05, 0.1) is 19.0 Å². The number of nitrogens with zero attached hydrogens (tertiary/aromatic N) is 2. The van der Waals surface area contributed by atoms with Crippen LogP contribution in [0.3, 0.4) is 0 Å². The summed E-state index contributed by atoms with van der Waals surface area (Å²) in [4.78, 5) is 24.6. The number of aromatic hydroxyl groups is 1. The van der Waals surface area contributed by atoms with E-state index in [1.54, 1.807) is 19.2 Å². The first-order valence-electron chi connectivity index (χ1n) is 9.09. The predicted octanol–water partition coefficient (Wildman–Crippen LogP) is 3.36. The fraction of sp³-hybridized carbons (Fsp3) is 0.136. The lowest BCUT2D eigenvalue weighted by Crippen LogP contribution is -2.10. The Balaban J connectivity index is 1.62. The molecule has 4 rings (SSSR count). The number of phenols is 1. The van der Waals surface area contributed by atoms with Crippen molar-refractivity contribution in [3.63, 3.8) is 0 Å². The quantitative estimate of drug-likeness (QED) is 0.400. The van der Waals surface area contributed by atoms with E-state index in [0.717, 1.165) is 5.69 Å². The summed E-state index contributed by atoms with van der Waals surface area (Å²) in [5.74, 6) is -0.420. The summed E-state index contributed by atoms with van der Waals surface area (Å²) >= 11 is 0. The molecule has 0 atom stereocenters. The van der Waals surface area contributed by atoms with Crippen molar-refractivity contribution in [1.29, 1.82) is 0 Å². The summed E-state index contributed by atoms with van der Waals surface area (Å²) in [5, 5.41) is 14.7. The number of esters is 1. The van der Waals surface area contributed by atoms with Gasteiger partial charge in [0.15, 0.2) is 5.75 Å². The molecule has 152 valence electrons. The molecule has 0 aliphatic heterocycles. The van der Waals surface area contributed by atoms with E-state index in [-0.39, 0.29) is 29.4 Å². The summed E-state index contributed by atoms with van der Waals surface area (Å²) in [6.07, 6.45) is 1.59. The molecule has 0 aliphatic carbocycles. The zero-order chi connectivity index (χ0) is 21.3. The van der Waals surface area contributed by atoms with Crippen molar-refractivity contribution in [2.45, 2.75) is 13.5 Å². The molecule has 8 heteroatoms. The van der Waals surface area contributed by atoms with Crippen LogP contribution in [0, 0.1) is 6.92 Å². The standard InChI is InChI=1S/C22H18N2O6/c1-13-17(25)9-8-16-14(10-19(26)30-21(13)16)12-29-22(27)20-18(28-2)11-24(23-20)15-6-4-3-5-7-15/h3-11,25H,12H2,1-2H3. The highest BCUT2D eigenvalue weighted by Crippen LogP contribution is 2.28. The molecule has 0 radical (unpaired) electrons. The van der Waals surface area contributed by atoms with Crippen LogP contribution in [0.15, 0.2) is 63.9 Å². The second-order valence-corrected chi connectivity index (χ2v) is 6.58. The molecule has 8 nitrogen and oxygen atoms in total. The average molecular weight is 406 g/mol. The van der Waals surface area contributed by atoms with Crippen LogP contribution in [0.5, 0.6) is 11.5 Å². The molecule has 0 fully saturated rings. The number of ether oxygens (including phenoxy) is 2. The number of fused-ring (bicyclic) bond motifs is 1. The van der Waals surface area contributed by atoms with Crippen LogP contribution in [0.1, 0.15) is 21.6 Å². The third kappa shape index (κ3) is 3.50. The third-order valence-corrected chi connectivity index (χ3v) is 4.69. The van der Waals surface area contributed by atoms with E-state index < -0.39 is 11.6 Å². The maximum absolute atomic E-state index is 12.7. The van der Waals surface area contributed by atoms with E-state index in [2.05, 4.69) is 5.10 Å². The van der Waals surface area contributed by atoms with Crippen LogP contribution < -0.4 is 10.4 Å². The lowest BCUT2D eigenvalue weighted by Gasteiger charge is -2.09. The molecule has 1 N–H and O–H groups in total. The molecule has 2 heterocycles. The van der Waals surface area contributed by atoms with Gasteiger partial charge in [-0.05, 0) is 31.2 Å². The molecule has 2 aromatic carbocycles. The van der Waals surface area contributed by atoms with Gasteiger partial charge in [-0.15, -0.1) is 0 Å². The van der Waals surface area contributed by atoms with Crippen molar-refractivity contribution in [2.24, 2.45) is 0 Å². The Morgan fingerprint density at radius 1 is 1.20 bits per heavy atom. The highest BCUT2D eigenvalue weighted by molar-refractivity contribution is 5.91. The van der Waals surface area contributed by atoms with Crippen LogP contribution in [0.4, 0.5) is 0 Å². The predicted molar refractivity (Wildman–Crippen MR) is 108 cm³/mol. The van der Waals surface area contributed by atoms with Gasteiger partial charge in [-0.25, -0.2) is 14.3 Å². The minimum atomic E-state index is -0.696. The van der Waals surface area contributed by atoms with Gasteiger partial charge >= 0.3 is 11.6 Å². The van der Waals surface area contributed by atoms with Gasteiger partial charge < -0.3 is 19.0 Å². The van der Waals surface area contributed by atoms with E-state index in [9.17, 15) is 14.7 Å². The van der Waals surface area contributed by atoms with Gasteiger partial charge in [0.25, 0.3) is 0 Å². The molecular formula is C22H18N2O6. The summed E-state index contributed by atoms with van der Waals surface area (Å²) < 4.78 is 17.4. The van der Waals surface area contributed by atoms with Gasteiger partial charge in [-0.3, -0.25) is 0 Å². The first-order valence-corrected chi connectivity index (χ1v) is 9.09. The van der Waals surface area contributed by atoms with Gasteiger partial charge in [-0.2, -0.15) is 5.10 Å². The summed E-state index contributed by atoms with van der Waals surface area (Å²) in [6.45, 7) is 1.46. The van der Waals surface area contributed by atoms with Gasteiger partial charge in [0.2, 0.25) is 5.69 Å². The lowest BCUT2D eigenvalue weighted by atomic mass is 10.1. The molecule has 0 unspecified atom stereocenters.